The second-order valence-corrected chi connectivity index (χ2v) is 15.2. The van der Waals surface area contributed by atoms with E-state index in [1.54, 1.807) is 0 Å². The number of rotatable bonds is 11. The number of anilines is 2. The standard InChI is InChI=1S/C20H27N10O16P3/c21-14-7-16(25-2-23-14)29(4-27-7)18-11(33)9(31)6(43-18)1-42-49(40,41)46-47(35,36)20(45-48(37,38)39)13-10(32)12(34)19(44-13)30-5-28-8-15(22)24-3-26-17(8)30/h2-6,9-13,18-20,31-34H,1H2,(H,35,36)(H,40,41)(H2,21,23,25)(H2,22,24,26)(H2,37,38,39)/p-1/t6-,9-,10+,11-,12-,13-,18-,19-,20?/m1/s1. The van der Waals surface area contributed by atoms with Crippen molar-refractivity contribution in [2.24, 2.45) is 0 Å². The SMILES string of the molecule is Nc1ncnc2c1ncn2[C@@H]1O[C@H](COP(=O)(O)OP(=O)(O)C(OP(=O)([O-])O)[C@@H]2O[C@@H](n3cnc4c(N)ncnc43)[C@H](O)[C@@H]2O)[C@@H](O)[C@H]1O. The van der Waals surface area contributed by atoms with Crippen LogP contribution in [0, 0.1) is 0 Å². The fourth-order valence-electron chi connectivity index (χ4n) is 5.19. The number of imidazole rings is 2. The lowest BCUT2D eigenvalue weighted by Crippen LogP contribution is -2.40. The molecule has 26 nitrogen and oxygen atoms in total. The number of nitrogen functional groups attached to an aromatic ring is 2. The maximum absolute atomic E-state index is 13.3. The van der Waals surface area contributed by atoms with Crippen molar-refractivity contribution in [2.75, 3.05) is 18.1 Å². The first-order chi connectivity index (χ1) is 22.9. The molecule has 12 atom stereocenters. The highest BCUT2D eigenvalue weighted by molar-refractivity contribution is 7.64. The number of hydrogen-bond acceptors (Lipinski definition) is 21. The van der Waals surface area contributed by atoms with E-state index in [4.69, 9.17) is 25.5 Å². The molecule has 29 heteroatoms. The van der Waals surface area contributed by atoms with Gasteiger partial charge in [0.1, 0.15) is 60.3 Å². The van der Waals surface area contributed by atoms with E-state index in [9.17, 15) is 53.7 Å². The van der Waals surface area contributed by atoms with Gasteiger partial charge in [-0.05, 0) is 0 Å². The minimum atomic E-state index is -6.02. The van der Waals surface area contributed by atoms with E-state index in [1.165, 1.54) is 4.57 Å². The minimum absolute atomic E-state index is 0.00388. The first kappa shape index (κ1) is 35.7. The molecule has 4 aromatic heterocycles. The van der Waals surface area contributed by atoms with E-state index in [0.29, 0.717) is 0 Å². The van der Waals surface area contributed by atoms with Crippen LogP contribution in [-0.4, -0.2) is 123 Å². The highest BCUT2D eigenvalue weighted by atomic mass is 31.3. The zero-order valence-electron chi connectivity index (χ0n) is 24.1. The maximum atomic E-state index is 13.3. The molecule has 0 radical (unpaired) electrons. The van der Waals surface area contributed by atoms with Crippen molar-refractivity contribution in [1.29, 1.82) is 0 Å². The normalized spacial score (nSPS) is 31.8. The van der Waals surface area contributed by atoms with Crippen molar-refractivity contribution in [3.05, 3.63) is 25.3 Å². The summed E-state index contributed by atoms with van der Waals surface area (Å²) in [6.07, 6.45) is -10.5. The van der Waals surface area contributed by atoms with Crippen LogP contribution in [0.2, 0.25) is 0 Å². The van der Waals surface area contributed by atoms with Crippen LogP contribution in [-0.2, 0) is 36.5 Å². The van der Waals surface area contributed by atoms with Crippen molar-refractivity contribution < 1.29 is 76.5 Å². The van der Waals surface area contributed by atoms with Gasteiger partial charge in [-0.2, -0.15) is 0 Å². The Morgan fingerprint density at radius 2 is 1.31 bits per heavy atom. The van der Waals surface area contributed by atoms with Crippen LogP contribution in [0.25, 0.3) is 22.3 Å². The number of hydrogen-bond donors (Lipinski definition) is 9. The Kier molecular flexibility index (Phi) is 9.38. The van der Waals surface area contributed by atoms with Crippen molar-refractivity contribution in [3.63, 3.8) is 0 Å². The first-order valence-corrected chi connectivity index (χ1v) is 18.1. The molecule has 0 aromatic carbocycles. The molecule has 0 spiro atoms. The molecule has 0 aliphatic carbocycles. The molecule has 49 heavy (non-hydrogen) atoms. The molecule has 4 unspecified atom stereocenters. The Morgan fingerprint density at radius 1 is 0.796 bits per heavy atom. The van der Waals surface area contributed by atoms with Gasteiger partial charge < -0.3 is 60.9 Å². The third-order valence-electron chi connectivity index (χ3n) is 7.40. The molecule has 6 heterocycles. The van der Waals surface area contributed by atoms with Crippen molar-refractivity contribution in [3.8, 4) is 0 Å². The van der Waals surface area contributed by atoms with Gasteiger partial charge in [-0.3, -0.25) is 27.3 Å². The predicted molar refractivity (Wildman–Crippen MR) is 153 cm³/mol. The van der Waals surface area contributed by atoms with Gasteiger partial charge in [0.2, 0.25) is 0 Å². The highest BCUT2D eigenvalue weighted by Crippen LogP contribution is 2.66. The maximum Gasteiger partial charge on any atom is 0.479 e. The summed E-state index contributed by atoms with van der Waals surface area (Å²) in [6.45, 7) is -1.08. The van der Waals surface area contributed by atoms with Gasteiger partial charge in [-0.1, -0.05) is 0 Å². The number of nitrogens with two attached hydrogens (primary N) is 2. The molecule has 268 valence electrons. The molecule has 2 aliphatic heterocycles. The van der Waals surface area contributed by atoms with Gasteiger partial charge in [-0.15, -0.1) is 0 Å². The number of phosphoric ester groups is 2. The lowest BCUT2D eigenvalue weighted by molar-refractivity contribution is -0.226. The van der Waals surface area contributed by atoms with E-state index in [2.05, 4.69) is 38.7 Å². The van der Waals surface area contributed by atoms with Crippen LogP contribution in [0.15, 0.2) is 25.3 Å². The number of fused-ring (bicyclic) bond motifs is 2. The summed E-state index contributed by atoms with van der Waals surface area (Å²) in [4.78, 5) is 65.4. The van der Waals surface area contributed by atoms with Crippen LogP contribution in [0.1, 0.15) is 12.5 Å². The van der Waals surface area contributed by atoms with E-state index in [-0.39, 0.29) is 34.0 Å². The molecule has 0 saturated carbocycles. The molecule has 11 N–H and O–H groups in total. The Balaban J connectivity index is 1.18. The third kappa shape index (κ3) is 6.83. The zero-order chi connectivity index (χ0) is 35.6. The molecule has 2 saturated heterocycles. The molecule has 0 amide bonds. The zero-order valence-corrected chi connectivity index (χ0v) is 26.8. The summed E-state index contributed by atoms with van der Waals surface area (Å²) >= 11 is 0. The summed E-state index contributed by atoms with van der Waals surface area (Å²) in [5.74, 6) is -3.10. The largest absolute Gasteiger partial charge is 0.756 e. The van der Waals surface area contributed by atoms with Gasteiger partial charge in [0.15, 0.2) is 41.2 Å². The Bertz CT molecular complexity index is 2010. The smallest absolute Gasteiger partial charge is 0.479 e. The van der Waals surface area contributed by atoms with E-state index in [1.807, 2.05) is 0 Å². The molecule has 4 aromatic rings. The van der Waals surface area contributed by atoms with Crippen molar-refractivity contribution in [2.45, 2.75) is 54.9 Å². The predicted octanol–water partition coefficient (Wildman–Crippen LogP) is -3.81. The summed E-state index contributed by atoms with van der Waals surface area (Å²) in [5, 5.41) is 42.5. The van der Waals surface area contributed by atoms with E-state index >= 15 is 0 Å². The lowest BCUT2D eigenvalue weighted by atomic mass is 10.1. The van der Waals surface area contributed by atoms with Crippen LogP contribution < -0.4 is 16.4 Å². The number of ether oxygens (including phenoxy) is 2. The average Bonchev–Trinajstić information content (AvgIpc) is 3.77. The quantitative estimate of drug-likeness (QED) is 0.0662. The van der Waals surface area contributed by atoms with E-state index < -0.39 is 84.8 Å². The minimum Gasteiger partial charge on any atom is -0.756 e. The lowest BCUT2D eigenvalue weighted by Gasteiger charge is -2.32. The topological polar surface area (TPSA) is 401 Å². The highest BCUT2D eigenvalue weighted by Gasteiger charge is 2.57. The molecular formula is C20H26N10O16P3-. The second kappa shape index (κ2) is 12.9. The van der Waals surface area contributed by atoms with Gasteiger partial charge in [0.05, 0.1) is 19.3 Å². The molecule has 6 rings (SSSR count). The number of aromatic nitrogens is 8. The molecule has 0 bridgehead atoms. The van der Waals surface area contributed by atoms with Crippen LogP contribution in [0.4, 0.5) is 11.6 Å². The summed E-state index contributed by atoms with van der Waals surface area (Å²) < 4.78 is 64.3. The fourth-order valence-corrected chi connectivity index (χ4v) is 9.11. The summed E-state index contributed by atoms with van der Waals surface area (Å²) in [6, 6.07) is 0. The molecule has 2 aliphatic rings. The fraction of sp³-hybridized carbons (Fsp3) is 0.500. The molecule has 2 fully saturated rings. The number of aliphatic hydroxyl groups is 4. The van der Waals surface area contributed by atoms with Crippen LogP contribution in [0.3, 0.4) is 0 Å². The van der Waals surface area contributed by atoms with Crippen molar-refractivity contribution >= 4 is 57.2 Å². The number of phosphoric acid groups is 2. The summed E-state index contributed by atoms with van der Waals surface area (Å²) in [5.41, 5.74) is 11.7. The summed E-state index contributed by atoms with van der Waals surface area (Å²) in [7, 11) is -17.8. The Hall–Kier alpha value is -3.13. The van der Waals surface area contributed by atoms with Gasteiger partial charge in [0.25, 0.3) is 7.82 Å². The Labute approximate surface area is 271 Å². The molecular weight excluding hydrogens is 729 g/mol. The monoisotopic (exact) mass is 755 g/mol. The van der Waals surface area contributed by atoms with Crippen LogP contribution >= 0.6 is 23.2 Å². The third-order valence-corrected chi connectivity index (χ3v) is 11.3. The second-order valence-electron chi connectivity index (χ2n) is 10.6. The van der Waals surface area contributed by atoms with E-state index in [0.717, 1.165) is 29.9 Å². The average molecular weight is 755 g/mol. The van der Waals surface area contributed by atoms with Crippen molar-refractivity contribution in [1.82, 2.24) is 39.0 Å². The Morgan fingerprint density at radius 3 is 1.84 bits per heavy atom. The van der Waals surface area contributed by atoms with Gasteiger partial charge in [-0.25, -0.2) is 38.8 Å². The van der Waals surface area contributed by atoms with Gasteiger partial charge in [0, 0.05) is 0 Å². The van der Waals surface area contributed by atoms with Crippen LogP contribution in [0.5, 0.6) is 0 Å². The first-order valence-electron chi connectivity index (χ1n) is 13.5. The number of aliphatic hydroxyl groups excluding tert-OH is 4. The van der Waals surface area contributed by atoms with Gasteiger partial charge >= 0.3 is 15.4 Å². The number of nitrogens with zero attached hydrogens (tertiary/aromatic N) is 8.